The Hall–Kier alpha value is -2.42. The van der Waals surface area contributed by atoms with E-state index in [2.05, 4.69) is 10.3 Å². The molecular formula is C22H26N4O2S2. The van der Waals surface area contributed by atoms with Gasteiger partial charge in [-0.1, -0.05) is 48.2 Å². The van der Waals surface area contributed by atoms with Gasteiger partial charge in [0.15, 0.2) is 5.16 Å². The molecule has 3 rings (SSSR count). The van der Waals surface area contributed by atoms with E-state index in [1.165, 1.54) is 23.1 Å². The fourth-order valence-electron chi connectivity index (χ4n) is 2.90. The number of thioether (sulfide) groups is 1. The Morgan fingerprint density at radius 2 is 1.97 bits per heavy atom. The molecule has 2 aromatic heterocycles. The summed E-state index contributed by atoms with van der Waals surface area (Å²) in [7, 11) is 1.67. The number of fused-ring (bicyclic) bond motifs is 1. The molecule has 0 saturated heterocycles. The zero-order chi connectivity index (χ0) is 21.9. The summed E-state index contributed by atoms with van der Waals surface area (Å²) in [6.45, 7) is 6.38. The van der Waals surface area contributed by atoms with Gasteiger partial charge in [-0.25, -0.2) is 9.97 Å². The summed E-state index contributed by atoms with van der Waals surface area (Å²) in [6, 6.07) is 8.04. The van der Waals surface area contributed by atoms with E-state index in [0.29, 0.717) is 27.2 Å². The molecule has 0 aliphatic heterocycles. The second kappa shape index (κ2) is 9.16. The number of nitrogens with one attached hydrogen (secondary N) is 1. The third-order valence-electron chi connectivity index (χ3n) is 4.20. The predicted octanol–water partition coefficient (Wildman–Crippen LogP) is 4.85. The Kier molecular flexibility index (Phi) is 6.80. The van der Waals surface area contributed by atoms with E-state index in [1.807, 2.05) is 63.4 Å². The number of methoxy groups -OCH3 is 1. The summed E-state index contributed by atoms with van der Waals surface area (Å²) in [5, 5.41) is 4.34. The topological polar surface area (TPSA) is 90.1 Å². The number of carbonyl (C=O) groups excluding carboxylic acids is 1. The van der Waals surface area contributed by atoms with Crippen molar-refractivity contribution in [3.05, 3.63) is 40.8 Å². The normalized spacial score (nSPS) is 12.0. The summed E-state index contributed by atoms with van der Waals surface area (Å²) in [4.78, 5) is 23.3. The van der Waals surface area contributed by atoms with Crippen molar-refractivity contribution in [2.75, 3.05) is 25.7 Å². The minimum Gasteiger partial charge on any atom is -0.397 e. The number of aromatic nitrogens is 2. The zero-order valence-electron chi connectivity index (χ0n) is 17.8. The average molecular weight is 443 g/mol. The monoisotopic (exact) mass is 442 g/mol. The Morgan fingerprint density at radius 1 is 1.27 bits per heavy atom. The van der Waals surface area contributed by atoms with Gasteiger partial charge in [-0.05, 0) is 32.6 Å². The molecule has 0 fully saturated rings. The number of ether oxygens (including phenoxy) is 1. The van der Waals surface area contributed by atoms with Crippen LogP contribution in [0, 0.1) is 0 Å². The molecule has 8 heteroatoms. The molecule has 6 nitrogen and oxygen atoms in total. The van der Waals surface area contributed by atoms with Crippen LogP contribution >= 0.6 is 23.1 Å². The summed E-state index contributed by atoms with van der Waals surface area (Å²) in [5.74, 6) is -0.196. The van der Waals surface area contributed by atoms with Crippen LogP contribution in [0.5, 0.6) is 0 Å². The first-order valence-electron chi connectivity index (χ1n) is 9.46. The van der Waals surface area contributed by atoms with Gasteiger partial charge in [0.05, 0.1) is 23.4 Å². The zero-order valence-corrected chi connectivity index (χ0v) is 19.4. The largest absolute Gasteiger partial charge is 0.397 e. The minimum atomic E-state index is -0.356. The Morgan fingerprint density at radius 3 is 2.57 bits per heavy atom. The average Bonchev–Trinajstić information content (AvgIpc) is 3.03. The van der Waals surface area contributed by atoms with Gasteiger partial charge in [0.2, 0.25) is 0 Å². The highest BCUT2D eigenvalue weighted by molar-refractivity contribution is 7.98. The third kappa shape index (κ3) is 5.00. The van der Waals surface area contributed by atoms with Crippen LogP contribution in [0.3, 0.4) is 0 Å². The van der Waals surface area contributed by atoms with E-state index >= 15 is 0 Å². The highest BCUT2D eigenvalue weighted by Crippen LogP contribution is 2.39. The van der Waals surface area contributed by atoms with Crippen LogP contribution in [0.2, 0.25) is 0 Å². The van der Waals surface area contributed by atoms with Crippen molar-refractivity contribution >= 4 is 51.0 Å². The molecular weight excluding hydrogens is 416 g/mol. The number of rotatable bonds is 6. The van der Waals surface area contributed by atoms with Crippen molar-refractivity contribution < 1.29 is 9.53 Å². The van der Waals surface area contributed by atoms with Gasteiger partial charge in [0.1, 0.15) is 9.71 Å². The maximum Gasteiger partial charge on any atom is 0.263 e. The molecule has 0 radical (unpaired) electrons. The van der Waals surface area contributed by atoms with E-state index in [9.17, 15) is 4.79 Å². The lowest BCUT2D eigenvalue weighted by Crippen LogP contribution is -2.40. The van der Waals surface area contributed by atoms with Gasteiger partial charge >= 0.3 is 0 Å². The number of thiophene rings is 1. The van der Waals surface area contributed by atoms with Gasteiger partial charge in [0.25, 0.3) is 5.91 Å². The number of benzene rings is 1. The van der Waals surface area contributed by atoms with Crippen molar-refractivity contribution in [2.24, 2.45) is 0 Å². The lowest BCUT2D eigenvalue weighted by atomic mass is 10.1. The molecule has 0 aliphatic carbocycles. The Balaban J connectivity index is 2.09. The van der Waals surface area contributed by atoms with Gasteiger partial charge in [-0.15, -0.1) is 11.3 Å². The second-order valence-corrected chi connectivity index (χ2v) is 9.54. The summed E-state index contributed by atoms with van der Waals surface area (Å²) >= 11 is 2.76. The minimum absolute atomic E-state index is 0.196. The lowest BCUT2D eigenvalue weighted by molar-refractivity contribution is 0.0924. The number of carbonyl (C=O) groups is 1. The smallest absolute Gasteiger partial charge is 0.263 e. The molecule has 0 aliphatic rings. The van der Waals surface area contributed by atoms with Crippen LogP contribution in [0.15, 0.2) is 35.5 Å². The van der Waals surface area contributed by atoms with Crippen molar-refractivity contribution in [1.29, 1.82) is 0 Å². The van der Waals surface area contributed by atoms with Crippen LogP contribution in [-0.2, 0) is 4.74 Å². The standard InChI is InChI=1S/C22H26N4O2S2/c1-22(2,3)26-19(27)18-16(23)15-17(24-21(29-5)25-20(15)30-18)14-10-8-13(9-11-14)7-6-12-28-4/h6-11H,12,23H2,1-5H3,(H,26,27). The summed E-state index contributed by atoms with van der Waals surface area (Å²) in [5.41, 5.74) is 9.23. The van der Waals surface area contributed by atoms with Crippen LogP contribution in [0.1, 0.15) is 36.0 Å². The first-order chi connectivity index (χ1) is 14.2. The summed E-state index contributed by atoms with van der Waals surface area (Å²) in [6.07, 6.45) is 5.89. The molecule has 2 heterocycles. The van der Waals surface area contributed by atoms with Crippen molar-refractivity contribution in [2.45, 2.75) is 31.5 Å². The number of hydrogen-bond donors (Lipinski definition) is 2. The number of hydrogen-bond acceptors (Lipinski definition) is 7. The van der Waals surface area contributed by atoms with E-state index in [4.69, 9.17) is 15.5 Å². The highest BCUT2D eigenvalue weighted by Gasteiger charge is 2.24. The quantitative estimate of drug-likeness (QED) is 0.419. The van der Waals surface area contributed by atoms with Crippen LogP contribution < -0.4 is 11.1 Å². The highest BCUT2D eigenvalue weighted by atomic mass is 32.2. The van der Waals surface area contributed by atoms with Crippen molar-refractivity contribution in [1.82, 2.24) is 15.3 Å². The predicted molar refractivity (Wildman–Crippen MR) is 127 cm³/mol. The first kappa shape index (κ1) is 22.3. The third-order valence-corrected chi connectivity index (χ3v) is 5.85. The van der Waals surface area contributed by atoms with Crippen LogP contribution in [-0.4, -0.2) is 41.4 Å². The van der Waals surface area contributed by atoms with E-state index in [0.717, 1.165) is 22.2 Å². The van der Waals surface area contributed by atoms with Crippen LogP contribution in [0.25, 0.3) is 27.6 Å². The summed E-state index contributed by atoms with van der Waals surface area (Å²) < 4.78 is 5.04. The van der Waals surface area contributed by atoms with Gasteiger partial charge in [-0.3, -0.25) is 4.79 Å². The second-order valence-electron chi connectivity index (χ2n) is 7.77. The molecule has 0 atom stereocenters. The fourth-order valence-corrected chi connectivity index (χ4v) is 4.31. The lowest BCUT2D eigenvalue weighted by Gasteiger charge is -2.20. The molecule has 3 aromatic rings. The molecule has 0 unspecified atom stereocenters. The molecule has 3 N–H and O–H groups in total. The fraction of sp³-hybridized carbons (Fsp3) is 0.318. The molecule has 1 amide bonds. The van der Waals surface area contributed by atoms with Crippen molar-refractivity contribution in [3.8, 4) is 11.3 Å². The number of anilines is 1. The molecule has 1 aromatic carbocycles. The molecule has 0 saturated carbocycles. The van der Waals surface area contributed by atoms with Gasteiger partial charge in [0, 0.05) is 18.2 Å². The van der Waals surface area contributed by atoms with E-state index in [1.54, 1.807) is 7.11 Å². The number of amides is 1. The maximum absolute atomic E-state index is 12.8. The van der Waals surface area contributed by atoms with Gasteiger partial charge < -0.3 is 15.8 Å². The molecule has 0 bridgehead atoms. The van der Waals surface area contributed by atoms with Crippen molar-refractivity contribution in [3.63, 3.8) is 0 Å². The molecule has 0 spiro atoms. The van der Waals surface area contributed by atoms with E-state index < -0.39 is 0 Å². The Labute approximate surface area is 184 Å². The van der Waals surface area contributed by atoms with E-state index in [-0.39, 0.29) is 11.4 Å². The maximum atomic E-state index is 12.8. The molecule has 30 heavy (non-hydrogen) atoms. The molecule has 158 valence electrons. The van der Waals surface area contributed by atoms with Crippen LogP contribution in [0.4, 0.5) is 5.69 Å². The SMILES string of the molecule is COCC=Cc1ccc(-c2nc(SC)nc3sc(C(=O)NC(C)(C)C)c(N)c23)cc1. The number of nitrogen functional groups attached to an aromatic ring is 1. The first-order valence-corrected chi connectivity index (χ1v) is 11.5. The number of nitrogens with zero attached hydrogens (tertiary/aromatic N) is 2. The Bertz CT molecular complexity index is 1080. The van der Waals surface area contributed by atoms with Gasteiger partial charge in [-0.2, -0.15) is 0 Å². The number of nitrogens with two attached hydrogens (primary N) is 1.